The molecule has 4 nitrogen and oxygen atoms in total. The van der Waals surface area contributed by atoms with Crippen molar-refractivity contribution in [3.8, 4) is 0 Å². The van der Waals surface area contributed by atoms with Crippen LogP contribution in [0.4, 0.5) is 4.79 Å². The molecule has 0 heterocycles. The standard InChI is InChI=1S/C7H11NO3/c9-4-5-2-1-3-6(5)8-7(10)11/h2,6,8-9H,1,3-4H2,(H,10,11). The van der Waals surface area contributed by atoms with Crippen LogP contribution in [0.2, 0.25) is 0 Å². The molecule has 62 valence electrons. The molecule has 0 aliphatic heterocycles. The maximum absolute atomic E-state index is 10.2. The molecule has 0 bridgehead atoms. The Labute approximate surface area is 64.5 Å². The molecule has 0 saturated heterocycles. The Morgan fingerprint density at radius 1 is 1.82 bits per heavy atom. The molecule has 0 fully saturated rings. The molecule has 4 heteroatoms. The van der Waals surface area contributed by atoms with Crippen molar-refractivity contribution in [2.75, 3.05) is 6.61 Å². The van der Waals surface area contributed by atoms with E-state index in [4.69, 9.17) is 10.2 Å². The highest BCUT2D eigenvalue weighted by Crippen LogP contribution is 2.17. The molecule has 0 aromatic carbocycles. The second-order valence-corrected chi connectivity index (χ2v) is 2.52. The van der Waals surface area contributed by atoms with Gasteiger partial charge in [-0.15, -0.1) is 0 Å². The molecular formula is C7H11NO3. The molecule has 1 rings (SSSR count). The van der Waals surface area contributed by atoms with Crippen molar-refractivity contribution < 1.29 is 15.0 Å². The second kappa shape index (κ2) is 3.39. The molecule has 1 unspecified atom stereocenters. The van der Waals surface area contributed by atoms with Crippen molar-refractivity contribution in [2.24, 2.45) is 0 Å². The summed E-state index contributed by atoms with van der Waals surface area (Å²) in [5.41, 5.74) is 0.785. The lowest BCUT2D eigenvalue weighted by Gasteiger charge is -2.11. The molecule has 1 atom stereocenters. The van der Waals surface area contributed by atoms with Gasteiger partial charge in [-0.25, -0.2) is 4.79 Å². The van der Waals surface area contributed by atoms with Crippen LogP contribution in [0.25, 0.3) is 0 Å². The summed E-state index contributed by atoms with van der Waals surface area (Å²) in [7, 11) is 0. The number of allylic oxidation sites excluding steroid dienone is 1. The van der Waals surface area contributed by atoms with Crippen LogP contribution in [0, 0.1) is 0 Å². The minimum atomic E-state index is -1.03. The molecule has 0 aromatic rings. The van der Waals surface area contributed by atoms with E-state index in [1.54, 1.807) is 0 Å². The van der Waals surface area contributed by atoms with E-state index in [-0.39, 0.29) is 12.6 Å². The minimum absolute atomic E-state index is 0.0506. The smallest absolute Gasteiger partial charge is 0.405 e. The Balaban J connectivity index is 2.46. The van der Waals surface area contributed by atoms with Gasteiger partial charge in [-0.2, -0.15) is 0 Å². The monoisotopic (exact) mass is 157 g/mol. The Hall–Kier alpha value is -1.03. The van der Waals surface area contributed by atoms with Crippen LogP contribution in [0.15, 0.2) is 11.6 Å². The van der Waals surface area contributed by atoms with Gasteiger partial charge < -0.3 is 15.5 Å². The van der Waals surface area contributed by atoms with Crippen LogP contribution in [0.5, 0.6) is 0 Å². The molecule has 1 aliphatic rings. The van der Waals surface area contributed by atoms with E-state index < -0.39 is 6.09 Å². The van der Waals surface area contributed by atoms with Crippen molar-refractivity contribution in [3.05, 3.63) is 11.6 Å². The average Bonchev–Trinajstić information content (AvgIpc) is 2.34. The zero-order valence-electron chi connectivity index (χ0n) is 6.08. The SMILES string of the molecule is O=C(O)NC1CCC=C1CO. The third kappa shape index (κ3) is 1.94. The van der Waals surface area contributed by atoms with E-state index in [9.17, 15) is 4.79 Å². The number of carboxylic acid groups (broad SMARTS) is 1. The van der Waals surface area contributed by atoms with Gasteiger partial charge in [0.25, 0.3) is 0 Å². The Morgan fingerprint density at radius 3 is 3.09 bits per heavy atom. The van der Waals surface area contributed by atoms with E-state index in [0.29, 0.717) is 0 Å². The van der Waals surface area contributed by atoms with Crippen molar-refractivity contribution in [1.82, 2.24) is 5.32 Å². The molecular weight excluding hydrogens is 146 g/mol. The molecule has 0 spiro atoms. The first-order valence-corrected chi connectivity index (χ1v) is 3.53. The Bertz CT molecular complexity index is 188. The highest BCUT2D eigenvalue weighted by atomic mass is 16.4. The summed E-state index contributed by atoms with van der Waals surface area (Å²) in [4.78, 5) is 10.2. The van der Waals surface area contributed by atoms with Gasteiger partial charge in [0.2, 0.25) is 0 Å². The lowest BCUT2D eigenvalue weighted by Crippen LogP contribution is -2.34. The van der Waals surface area contributed by atoms with E-state index in [1.807, 2.05) is 6.08 Å². The molecule has 11 heavy (non-hydrogen) atoms. The fourth-order valence-corrected chi connectivity index (χ4v) is 1.25. The Morgan fingerprint density at radius 2 is 2.55 bits per heavy atom. The van der Waals surface area contributed by atoms with Crippen molar-refractivity contribution in [1.29, 1.82) is 0 Å². The minimum Gasteiger partial charge on any atom is -0.465 e. The fraction of sp³-hybridized carbons (Fsp3) is 0.571. The van der Waals surface area contributed by atoms with Crippen LogP contribution < -0.4 is 5.32 Å². The van der Waals surface area contributed by atoms with Crippen LogP contribution in [-0.4, -0.2) is 29.0 Å². The van der Waals surface area contributed by atoms with Gasteiger partial charge in [-0.3, -0.25) is 0 Å². The van der Waals surface area contributed by atoms with Gasteiger partial charge >= 0.3 is 6.09 Å². The summed E-state index contributed by atoms with van der Waals surface area (Å²) >= 11 is 0. The van der Waals surface area contributed by atoms with Gasteiger partial charge in [0.15, 0.2) is 0 Å². The zero-order chi connectivity index (χ0) is 8.27. The number of hydrogen-bond donors (Lipinski definition) is 3. The largest absolute Gasteiger partial charge is 0.465 e. The summed E-state index contributed by atoms with van der Waals surface area (Å²) < 4.78 is 0. The van der Waals surface area contributed by atoms with Gasteiger partial charge in [0, 0.05) is 0 Å². The number of amides is 1. The number of rotatable bonds is 2. The zero-order valence-corrected chi connectivity index (χ0v) is 6.08. The topological polar surface area (TPSA) is 69.6 Å². The van der Waals surface area contributed by atoms with Crippen LogP contribution >= 0.6 is 0 Å². The van der Waals surface area contributed by atoms with E-state index in [2.05, 4.69) is 5.32 Å². The Kier molecular flexibility index (Phi) is 2.48. The second-order valence-electron chi connectivity index (χ2n) is 2.52. The lowest BCUT2D eigenvalue weighted by molar-refractivity contribution is 0.190. The predicted molar refractivity (Wildman–Crippen MR) is 39.4 cm³/mol. The summed E-state index contributed by atoms with van der Waals surface area (Å²) in [6.45, 7) is -0.0506. The number of carbonyl (C=O) groups is 1. The highest BCUT2D eigenvalue weighted by molar-refractivity contribution is 5.65. The number of aliphatic hydroxyl groups excluding tert-OH is 1. The molecule has 1 aliphatic carbocycles. The molecule has 1 amide bonds. The lowest BCUT2D eigenvalue weighted by atomic mass is 10.1. The first-order valence-electron chi connectivity index (χ1n) is 3.53. The van der Waals surface area contributed by atoms with Gasteiger partial charge in [0.1, 0.15) is 0 Å². The third-order valence-electron chi connectivity index (χ3n) is 1.79. The van der Waals surface area contributed by atoms with Crippen LogP contribution in [-0.2, 0) is 0 Å². The third-order valence-corrected chi connectivity index (χ3v) is 1.79. The summed E-state index contributed by atoms with van der Waals surface area (Å²) in [5, 5.41) is 19.4. The summed E-state index contributed by atoms with van der Waals surface area (Å²) in [5.74, 6) is 0. The van der Waals surface area contributed by atoms with Crippen molar-refractivity contribution >= 4 is 6.09 Å². The van der Waals surface area contributed by atoms with Gasteiger partial charge in [-0.1, -0.05) is 6.08 Å². The maximum Gasteiger partial charge on any atom is 0.405 e. The first kappa shape index (κ1) is 8.07. The fourth-order valence-electron chi connectivity index (χ4n) is 1.25. The predicted octanol–water partition coefficient (Wildman–Crippen LogP) is 0.335. The maximum atomic E-state index is 10.2. The van der Waals surface area contributed by atoms with E-state index >= 15 is 0 Å². The summed E-state index contributed by atoms with van der Waals surface area (Å²) in [6.07, 6.45) is 2.46. The van der Waals surface area contributed by atoms with Gasteiger partial charge in [0.05, 0.1) is 12.6 Å². The molecule has 0 aromatic heterocycles. The molecule has 0 radical (unpaired) electrons. The molecule has 0 saturated carbocycles. The number of nitrogens with one attached hydrogen (secondary N) is 1. The normalized spacial score (nSPS) is 23.0. The van der Waals surface area contributed by atoms with Crippen LogP contribution in [0.3, 0.4) is 0 Å². The quantitative estimate of drug-likeness (QED) is 0.506. The van der Waals surface area contributed by atoms with Crippen molar-refractivity contribution in [2.45, 2.75) is 18.9 Å². The molecule has 3 N–H and O–H groups in total. The van der Waals surface area contributed by atoms with E-state index in [1.165, 1.54) is 0 Å². The average molecular weight is 157 g/mol. The number of aliphatic hydroxyl groups is 1. The number of hydrogen-bond acceptors (Lipinski definition) is 2. The van der Waals surface area contributed by atoms with Gasteiger partial charge in [-0.05, 0) is 18.4 Å². The van der Waals surface area contributed by atoms with E-state index in [0.717, 1.165) is 18.4 Å². The first-order chi connectivity index (χ1) is 5.24. The highest BCUT2D eigenvalue weighted by Gasteiger charge is 2.19. The summed E-state index contributed by atoms with van der Waals surface area (Å²) in [6, 6.07) is -0.169. The van der Waals surface area contributed by atoms with Crippen molar-refractivity contribution in [3.63, 3.8) is 0 Å². The van der Waals surface area contributed by atoms with Crippen LogP contribution in [0.1, 0.15) is 12.8 Å².